The zero-order valence-corrected chi connectivity index (χ0v) is 8.57. The van der Waals surface area contributed by atoms with Gasteiger partial charge in [0.2, 0.25) is 10.0 Å². The minimum Gasteiger partial charge on any atom is -0.321 e. The first kappa shape index (κ1) is 11.4. The quantitative estimate of drug-likeness (QED) is 0.578. The Morgan fingerprint density at radius 2 is 1.57 bits per heavy atom. The Morgan fingerprint density at radius 1 is 1.14 bits per heavy atom. The first-order valence-electron chi connectivity index (χ1n) is 3.40. The number of nitrogens with two attached hydrogens (primary N) is 1. The van der Waals surface area contributed by atoms with Crippen molar-refractivity contribution >= 4 is 22.9 Å². The van der Waals surface area contributed by atoms with E-state index in [-0.39, 0.29) is 10.2 Å². The Bertz CT molecular complexity index is 473. The van der Waals surface area contributed by atoms with E-state index in [1.54, 1.807) is 0 Å². The molecule has 78 valence electrons. The molecule has 0 aliphatic rings. The lowest BCUT2D eigenvalue weighted by atomic mass is 10.4. The monoisotopic (exact) mass is 237 g/mol. The highest BCUT2D eigenvalue weighted by Crippen LogP contribution is 2.32. The summed E-state index contributed by atoms with van der Waals surface area (Å²) in [5, 5.41) is 4.55. The van der Waals surface area contributed by atoms with Gasteiger partial charge in [-0.15, -0.1) is 0 Å². The molecule has 0 aliphatic carbocycles. The van der Waals surface area contributed by atoms with Crippen molar-refractivity contribution in [2.45, 2.75) is 4.90 Å². The zero-order valence-electron chi connectivity index (χ0n) is 6.86. The van der Waals surface area contributed by atoms with Crippen LogP contribution >= 0.6 is 7.60 Å². The van der Waals surface area contributed by atoms with Crippen LogP contribution < -0.4 is 10.4 Å². The lowest BCUT2D eigenvalue weighted by Gasteiger charge is -2.03. The lowest BCUT2D eigenvalue weighted by molar-refractivity contribution is 0.387. The van der Waals surface area contributed by atoms with Crippen LogP contribution in [0.25, 0.3) is 0 Å². The molecule has 1 aromatic rings. The highest BCUT2D eigenvalue weighted by atomic mass is 32.2. The lowest BCUT2D eigenvalue weighted by Crippen LogP contribution is -2.13. The summed E-state index contributed by atoms with van der Waals surface area (Å²) in [7, 11) is -8.14. The van der Waals surface area contributed by atoms with Crippen LogP contribution in [0.3, 0.4) is 0 Å². The van der Waals surface area contributed by atoms with Gasteiger partial charge in [-0.05, 0) is 24.3 Å². The normalized spacial score (nSPS) is 12.8. The van der Waals surface area contributed by atoms with E-state index < -0.39 is 17.6 Å². The first-order valence-corrected chi connectivity index (χ1v) is 6.56. The second-order valence-corrected chi connectivity index (χ2v) is 5.75. The Hall–Kier alpha value is -0.720. The average Bonchev–Trinajstić information content (AvgIpc) is 2.01. The maximum atomic E-state index is 10.8. The highest BCUT2D eigenvalue weighted by molar-refractivity contribution is 7.89. The SMILES string of the molecule is NS(=O)(=O)c1ccc(P(=O)(O)O)cc1. The van der Waals surface area contributed by atoms with E-state index in [1.807, 2.05) is 0 Å². The topological polar surface area (TPSA) is 118 Å². The summed E-state index contributed by atoms with van der Waals surface area (Å²) in [5.74, 6) is 0. The van der Waals surface area contributed by atoms with Gasteiger partial charge in [-0.1, -0.05) is 0 Å². The number of benzene rings is 1. The minimum absolute atomic E-state index is 0.185. The molecule has 0 fully saturated rings. The smallest absolute Gasteiger partial charge is 0.321 e. The molecule has 0 saturated carbocycles. The fraction of sp³-hybridized carbons (Fsp3) is 0. The predicted octanol–water partition coefficient (Wildman–Crippen LogP) is -0.863. The van der Waals surface area contributed by atoms with Gasteiger partial charge < -0.3 is 9.79 Å². The van der Waals surface area contributed by atoms with Crippen molar-refractivity contribution in [3.8, 4) is 0 Å². The maximum Gasteiger partial charge on any atom is 0.356 e. The second-order valence-electron chi connectivity index (χ2n) is 2.58. The molecule has 8 heteroatoms. The molecular weight excluding hydrogens is 229 g/mol. The van der Waals surface area contributed by atoms with E-state index in [1.165, 1.54) is 0 Å². The van der Waals surface area contributed by atoms with Crippen molar-refractivity contribution in [1.82, 2.24) is 0 Å². The summed E-state index contributed by atoms with van der Waals surface area (Å²) in [5.41, 5.74) is 0. The van der Waals surface area contributed by atoms with Gasteiger partial charge >= 0.3 is 7.60 Å². The van der Waals surface area contributed by atoms with Gasteiger partial charge in [-0.3, -0.25) is 4.57 Å². The van der Waals surface area contributed by atoms with Gasteiger partial charge in [-0.2, -0.15) is 0 Å². The van der Waals surface area contributed by atoms with E-state index in [9.17, 15) is 13.0 Å². The Kier molecular flexibility index (Phi) is 2.80. The summed E-state index contributed by atoms with van der Waals surface area (Å²) in [6.07, 6.45) is 0. The molecule has 0 aliphatic heterocycles. The highest BCUT2D eigenvalue weighted by Gasteiger charge is 2.17. The van der Waals surface area contributed by atoms with Crippen LogP contribution in [-0.2, 0) is 14.6 Å². The maximum absolute atomic E-state index is 10.8. The molecule has 14 heavy (non-hydrogen) atoms. The predicted molar refractivity (Wildman–Crippen MR) is 49.5 cm³/mol. The van der Waals surface area contributed by atoms with Crippen LogP contribution in [0.5, 0.6) is 0 Å². The van der Waals surface area contributed by atoms with E-state index in [0.29, 0.717) is 0 Å². The molecule has 0 bridgehead atoms. The van der Waals surface area contributed by atoms with Crippen LogP contribution in [0, 0.1) is 0 Å². The van der Waals surface area contributed by atoms with Crippen LogP contribution in [0.15, 0.2) is 29.2 Å². The molecule has 0 unspecified atom stereocenters. The number of hydrogen-bond acceptors (Lipinski definition) is 3. The van der Waals surface area contributed by atoms with E-state index in [0.717, 1.165) is 24.3 Å². The third-order valence-corrected chi connectivity index (χ3v) is 3.40. The molecule has 0 atom stereocenters. The summed E-state index contributed by atoms with van der Waals surface area (Å²) in [6, 6.07) is 4.15. The largest absolute Gasteiger partial charge is 0.356 e. The van der Waals surface area contributed by atoms with Crippen molar-refractivity contribution in [2.75, 3.05) is 0 Å². The van der Waals surface area contributed by atoms with Crippen molar-refractivity contribution < 1.29 is 22.8 Å². The van der Waals surface area contributed by atoms with Crippen LogP contribution in [0.1, 0.15) is 0 Å². The molecule has 1 rings (SSSR count). The Labute approximate surface area is 80.6 Å². The number of sulfonamides is 1. The van der Waals surface area contributed by atoms with Crippen LogP contribution in [0.2, 0.25) is 0 Å². The van der Waals surface area contributed by atoms with Gasteiger partial charge in [-0.25, -0.2) is 13.6 Å². The van der Waals surface area contributed by atoms with E-state index >= 15 is 0 Å². The average molecular weight is 237 g/mol. The van der Waals surface area contributed by atoms with Gasteiger partial charge in [0.1, 0.15) is 0 Å². The van der Waals surface area contributed by atoms with Crippen molar-refractivity contribution in [2.24, 2.45) is 5.14 Å². The molecule has 0 radical (unpaired) electrons. The van der Waals surface area contributed by atoms with Crippen LogP contribution in [-0.4, -0.2) is 18.2 Å². The van der Waals surface area contributed by atoms with Crippen molar-refractivity contribution in [3.05, 3.63) is 24.3 Å². The number of rotatable bonds is 2. The minimum atomic E-state index is -4.33. The van der Waals surface area contributed by atoms with Gasteiger partial charge in [0.25, 0.3) is 0 Å². The second kappa shape index (κ2) is 3.45. The van der Waals surface area contributed by atoms with E-state index in [2.05, 4.69) is 0 Å². The van der Waals surface area contributed by atoms with E-state index in [4.69, 9.17) is 14.9 Å². The Morgan fingerprint density at radius 3 is 1.86 bits per heavy atom. The molecule has 0 spiro atoms. The molecule has 6 nitrogen and oxygen atoms in total. The standard InChI is InChI=1S/C6H8NO5PS/c7-14(11,12)6-3-1-5(2-4-6)13(8,9)10/h1-4H,(H2,7,11,12)(H2,8,9,10). The van der Waals surface area contributed by atoms with Crippen LogP contribution in [0.4, 0.5) is 0 Å². The molecular formula is C6H8NO5PS. The molecule has 0 aromatic heterocycles. The Balaban J connectivity index is 3.21. The number of primary sulfonamides is 1. The van der Waals surface area contributed by atoms with Gasteiger partial charge in [0.15, 0.2) is 0 Å². The molecule has 0 heterocycles. The number of hydrogen-bond donors (Lipinski definition) is 3. The van der Waals surface area contributed by atoms with Crippen molar-refractivity contribution in [3.63, 3.8) is 0 Å². The van der Waals surface area contributed by atoms with Crippen molar-refractivity contribution in [1.29, 1.82) is 0 Å². The third kappa shape index (κ3) is 2.63. The summed E-state index contributed by atoms with van der Waals surface area (Å²) < 4.78 is 32.3. The van der Waals surface area contributed by atoms with Gasteiger partial charge in [0, 0.05) is 0 Å². The molecule has 0 saturated heterocycles. The first-order chi connectivity index (χ1) is 6.21. The van der Waals surface area contributed by atoms with Gasteiger partial charge in [0.05, 0.1) is 10.2 Å². The third-order valence-electron chi connectivity index (χ3n) is 1.50. The molecule has 4 N–H and O–H groups in total. The summed E-state index contributed by atoms with van der Waals surface area (Å²) >= 11 is 0. The zero-order chi connectivity index (χ0) is 11.0. The molecule has 1 aromatic carbocycles. The summed E-state index contributed by atoms with van der Waals surface area (Å²) in [6.45, 7) is 0. The molecule has 0 amide bonds. The summed E-state index contributed by atoms with van der Waals surface area (Å²) in [4.78, 5) is 17.2. The fourth-order valence-electron chi connectivity index (χ4n) is 0.830. The fourth-order valence-corrected chi connectivity index (χ4v) is 1.88.